The number of hydrogen-bond donors (Lipinski definition) is 1. The molecule has 1 aliphatic heterocycles. The Morgan fingerprint density at radius 3 is 2.65 bits per heavy atom. The zero-order valence-corrected chi connectivity index (χ0v) is 14.5. The molecule has 20 heavy (non-hydrogen) atoms. The molecule has 8 heteroatoms. The molecule has 1 N–H and O–H groups in total. The van der Waals surface area contributed by atoms with Crippen LogP contribution in [0, 0.1) is 0 Å². The first-order valence-corrected chi connectivity index (χ1v) is 9.03. The lowest BCUT2D eigenvalue weighted by Gasteiger charge is -2.23. The van der Waals surface area contributed by atoms with Crippen LogP contribution in [0.3, 0.4) is 0 Å². The molecule has 0 aliphatic carbocycles. The zero-order valence-electron chi connectivity index (χ0n) is 11.3. The average molecular weight is 357 g/mol. The van der Waals surface area contributed by atoms with E-state index in [-0.39, 0.29) is 23.3 Å². The summed E-state index contributed by atoms with van der Waals surface area (Å²) in [6, 6.07) is 4.91. The standard InChI is InChI=1S/C12H17ClN2O2S2.ClH/c1-15(9-5-6-14-8-9)19(16,17)10-3-4-12(18-2)11(13)7-10;/h3-4,7,9,14H,5-6,8H2,1-2H3;1H. The van der Waals surface area contributed by atoms with E-state index in [4.69, 9.17) is 11.6 Å². The molecule has 2 rings (SSSR count). The number of rotatable bonds is 4. The number of benzene rings is 1. The summed E-state index contributed by atoms with van der Waals surface area (Å²) in [7, 11) is -1.84. The fraction of sp³-hybridized carbons (Fsp3) is 0.500. The van der Waals surface area contributed by atoms with Crippen molar-refractivity contribution in [2.45, 2.75) is 22.3 Å². The fourth-order valence-electron chi connectivity index (χ4n) is 2.12. The lowest BCUT2D eigenvalue weighted by Crippen LogP contribution is -2.38. The second-order valence-corrected chi connectivity index (χ2v) is 7.72. The van der Waals surface area contributed by atoms with Crippen LogP contribution in [-0.4, -0.2) is 45.2 Å². The van der Waals surface area contributed by atoms with E-state index >= 15 is 0 Å². The van der Waals surface area contributed by atoms with E-state index in [0.29, 0.717) is 11.6 Å². The predicted octanol–water partition coefficient (Wildman–Crippen LogP) is 2.47. The van der Waals surface area contributed by atoms with Crippen molar-refractivity contribution in [1.29, 1.82) is 0 Å². The fourth-order valence-corrected chi connectivity index (χ4v) is 4.47. The van der Waals surface area contributed by atoms with E-state index in [9.17, 15) is 8.42 Å². The highest BCUT2D eigenvalue weighted by Crippen LogP contribution is 2.29. The van der Waals surface area contributed by atoms with Crippen molar-refractivity contribution in [3.05, 3.63) is 23.2 Å². The van der Waals surface area contributed by atoms with Crippen molar-refractivity contribution >= 4 is 45.8 Å². The first-order chi connectivity index (χ1) is 8.96. The number of hydrogen-bond acceptors (Lipinski definition) is 4. The van der Waals surface area contributed by atoms with Crippen LogP contribution in [0.5, 0.6) is 0 Å². The maximum atomic E-state index is 12.5. The monoisotopic (exact) mass is 356 g/mol. The van der Waals surface area contributed by atoms with Crippen LogP contribution < -0.4 is 5.32 Å². The Labute approximate surface area is 135 Å². The lowest BCUT2D eigenvalue weighted by atomic mass is 10.3. The van der Waals surface area contributed by atoms with Gasteiger partial charge >= 0.3 is 0 Å². The van der Waals surface area contributed by atoms with E-state index in [1.807, 2.05) is 6.26 Å². The Bertz CT molecular complexity index is 561. The minimum absolute atomic E-state index is 0. The first kappa shape index (κ1) is 18.1. The van der Waals surface area contributed by atoms with Gasteiger partial charge < -0.3 is 5.32 Å². The van der Waals surface area contributed by atoms with Crippen LogP contribution in [0.15, 0.2) is 28.0 Å². The second-order valence-electron chi connectivity index (χ2n) is 4.46. The van der Waals surface area contributed by atoms with Crippen LogP contribution in [0.25, 0.3) is 0 Å². The summed E-state index contributed by atoms with van der Waals surface area (Å²) in [6.07, 6.45) is 2.75. The maximum absolute atomic E-state index is 12.5. The van der Waals surface area contributed by atoms with Crippen LogP contribution >= 0.6 is 35.8 Å². The number of sulfonamides is 1. The van der Waals surface area contributed by atoms with Gasteiger partial charge in [-0.3, -0.25) is 0 Å². The Morgan fingerprint density at radius 1 is 1.45 bits per heavy atom. The lowest BCUT2D eigenvalue weighted by molar-refractivity contribution is 0.387. The van der Waals surface area contributed by atoms with Crippen molar-refractivity contribution in [1.82, 2.24) is 9.62 Å². The van der Waals surface area contributed by atoms with Gasteiger partial charge in [-0.2, -0.15) is 4.31 Å². The molecule has 0 amide bonds. The number of thioether (sulfide) groups is 1. The van der Waals surface area contributed by atoms with Crippen molar-refractivity contribution < 1.29 is 8.42 Å². The summed E-state index contributed by atoms with van der Waals surface area (Å²) in [5.74, 6) is 0. The molecule has 0 saturated carbocycles. The van der Waals surface area contributed by atoms with E-state index in [1.165, 1.54) is 22.1 Å². The molecular weight excluding hydrogens is 339 g/mol. The minimum Gasteiger partial charge on any atom is -0.315 e. The van der Waals surface area contributed by atoms with Gasteiger partial charge in [-0.1, -0.05) is 11.6 Å². The normalized spacial score (nSPS) is 19.1. The highest BCUT2D eigenvalue weighted by atomic mass is 35.5. The summed E-state index contributed by atoms with van der Waals surface area (Å²) < 4.78 is 26.4. The molecule has 1 saturated heterocycles. The summed E-state index contributed by atoms with van der Waals surface area (Å²) in [5, 5.41) is 3.65. The summed E-state index contributed by atoms with van der Waals surface area (Å²) in [5.41, 5.74) is 0. The van der Waals surface area contributed by atoms with Crippen molar-refractivity contribution in [2.75, 3.05) is 26.4 Å². The summed E-state index contributed by atoms with van der Waals surface area (Å²) >= 11 is 7.58. The first-order valence-electron chi connectivity index (χ1n) is 5.99. The van der Waals surface area contributed by atoms with E-state index in [2.05, 4.69) is 5.32 Å². The van der Waals surface area contributed by atoms with Gasteiger partial charge in [0.15, 0.2) is 0 Å². The Kier molecular flexibility index (Phi) is 6.63. The Hall–Kier alpha value is 0.0200. The zero-order chi connectivity index (χ0) is 14.0. The van der Waals surface area contributed by atoms with Crippen molar-refractivity contribution in [3.8, 4) is 0 Å². The van der Waals surface area contributed by atoms with Crippen LogP contribution in [0.4, 0.5) is 0 Å². The largest absolute Gasteiger partial charge is 0.315 e. The van der Waals surface area contributed by atoms with Gasteiger partial charge in [-0.05, 0) is 37.4 Å². The van der Waals surface area contributed by atoms with Crippen molar-refractivity contribution in [3.63, 3.8) is 0 Å². The number of likely N-dealkylation sites (N-methyl/N-ethyl adjacent to an activating group) is 1. The van der Waals surface area contributed by atoms with Crippen LogP contribution in [-0.2, 0) is 10.0 Å². The third-order valence-corrected chi connectivity index (χ3v) is 6.48. The molecule has 0 spiro atoms. The smallest absolute Gasteiger partial charge is 0.243 e. The van der Waals surface area contributed by atoms with Crippen LogP contribution in [0.1, 0.15) is 6.42 Å². The minimum atomic E-state index is -3.47. The molecule has 1 atom stereocenters. The second kappa shape index (κ2) is 7.33. The quantitative estimate of drug-likeness (QED) is 0.841. The van der Waals surface area contributed by atoms with Gasteiger partial charge in [0, 0.05) is 24.5 Å². The van der Waals surface area contributed by atoms with Gasteiger partial charge in [0.25, 0.3) is 0 Å². The molecule has 1 fully saturated rings. The highest BCUT2D eigenvalue weighted by molar-refractivity contribution is 7.98. The van der Waals surface area contributed by atoms with E-state index in [0.717, 1.165) is 17.9 Å². The molecule has 0 aromatic heterocycles. The van der Waals surface area contributed by atoms with Gasteiger partial charge in [0.05, 0.1) is 9.92 Å². The molecule has 0 radical (unpaired) electrons. The SMILES string of the molecule is CSc1ccc(S(=O)(=O)N(C)C2CCNC2)cc1Cl.Cl. The molecule has 1 aliphatic rings. The Balaban J connectivity index is 0.00000200. The third kappa shape index (κ3) is 3.61. The van der Waals surface area contributed by atoms with E-state index in [1.54, 1.807) is 19.2 Å². The van der Waals surface area contributed by atoms with Gasteiger partial charge in [0.2, 0.25) is 10.0 Å². The molecule has 0 bridgehead atoms. The molecule has 1 heterocycles. The molecule has 4 nitrogen and oxygen atoms in total. The van der Waals surface area contributed by atoms with Gasteiger partial charge in [-0.25, -0.2) is 8.42 Å². The molecule has 114 valence electrons. The molecular formula is C12H18Cl2N2O2S2. The third-order valence-electron chi connectivity index (χ3n) is 3.35. The number of halogens is 2. The molecule has 1 unspecified atom stereocenters. The van der Waals surface area contributed by atoms with Crippen molar-refractivity contribution in [2.24, 2.45) is 0 Å². The summed E-state index contributed by atoms with van der Waals surface area (Å²) in [4.78, 5) is 1.13. The predicted molar refractivity (Wildman–Crippen MR) is 86.7 cm³/mol. The Morgan fingerprint density at radius 2 is 2.15 bits per heavy atom. The van der Waals surface area contributed by atoms with Crippen LogP contribution in [0.2, 0.25) is 5.02 Å². The molecule has 1 aromatic carbocycles. The molecule has 1 aromatic rings. The summed E-state index contributed by atoms with van der Waals surface area (Å²) in [6.45, 7) is 1.56. The average Bonchev–Trinajstić information content (AvgIpc) is 2.91. The topological polar surface area (TPSA) is 49.4 Å². The van der Waals surface area contributed by atoms with Gasteiger partial charge in [0.1, 0.15) is 0 Å². The number of nitrogens with one attached hydrogen (secondary N) is 1. The highest BCUT2D eigenvalue weighted by Gasteiger charge is 2.30. The number of nitrogens with zero attached hydrogens (tertiary/aromatic N) is 1. The maximum Gasteiger partial charge on any atom is 0.243 e. The van der Waals surface area contributed by atoms with Gasteiger partial charge in [-0.15, -0.1) is 24.2 Å². The van der Waals surface area contributed by atoms with E-state index < -0.39 is 10.0 Å².